The molecule has 19 heavy (non-hydrogen) atoms. The molecular formula is C17H18FN. The predicted molar refractivity (Wildman–Crippen MR) is 75.7 cm³/mol. The van der Waals surface area contributed by atoms with Crippen molar-refractivity contribution in [3.05, 3.63) is 71.0 Å². The van der Waals surface area contributed by atoms with Gasteiger partial charge in [0.05, 0.1) is 0 Å². The van der Waals surface area contributed by atoms with Crippen molar-refractivity contribution < 1.29 is 4.39 Å². The first-order chi connectivity index (χ1) is 9.25. The van der Waals surface area contributed by atoms with Crippen LogP contribution in [-0.4, -0.2) is 6.54 Å². The van der Waals surface area contributed by atoms with Gasteiger partial charge < -0.3 is 5.32 Å². The van der Waals surface area contributed by atoms with Gasteiger partial charge in [-0.3, -0.25) is 0 Å². The number of nitrogens with one attached hydrogen (secondary N) is 1. The van der Waals surface area contributed by atoms with Crippen LogP contribution in [0.1, 0.15) is 35.1 Å². The van der Waals surface area contributed by atoms with E-state index in [1.54, 1.807) is 6.07 Å². The lowest BCUT2D eigenvalue weighted by Crippen LogP contribution is -2.17. The smallest absolute Gasteiger partial charge is 0.126 e. The van der Waals surface area contributed by atoms with Gasteiger partial charge in [0.25, 0.3) is 0 Å². The zero-order valence-corrected chi connectivity index (χ0v) is 11.1. The van der Waals surface area contributed by atoms with Crippen LogP contribution in [0.2, 0.25) is 0 Å². The average Bonchev–Trinajstić information content (AvgIpc) is 2.91. The van der Waals surface area contributed by atoms with Gasteiger partial charge in [-0.2, -0.15) is 0 Å². The summed E-state index contributed by atoms with van der Waals surface area (Å²) in [4.78, 5) is 0. The van der Waals surface area contributed by atoms with Crippen LogP contribution in [0.25, 0.3) is 0 Å². The van der Waals surface area contributed by atoms with Crippen LogP contribution in [0.4, 0.5) is 4.39 Å². The van der Waals surface area contributed by atoms with E-state index in [2.05, 4.69) is 17.4 Å². The third-order valence-electron chi connectivity index (χ3n) is 3.93. The Morgan fingerprint density at radius 3 is 2.68 bits per heavy atom. The average molecular weight is 255 g/mol. The van der Waals surface area contributed by atoms with Crippen molar-refractivity contribution in [3.63, 3.8) is 0 Å². The molecule has 1 fully saturated rings. The summed E-state index contributed by atoms with van der Waals surface area (Å²) in [6.45, 7) is 2.96. The fourth-order valence-electron chi connectivity index (χ4n) is 3.00. The largest absolute Gasteiger partial charge is 0.309 e. The van der Waals surface area contributed by atoms with Crippen LogP contribution in [0.15, 0.2) is 48.5 Å². The lowest BCUT2D eigenvalue weighted by atomic mass is 9.87. The van der Waals surface area contributed by atoms with Gasteiger partial charge in [-0.15, -0.1) is 0 Å². The Morgan fingerprint density at radius 1 is 1.11 bits per heavy atom. The lowest BCUT2D eigenvalue weighted by molar-refractivity contribution is 0.533. The molecule has 0 radical (unpaired) electrons. The lowest BCUT2D eigenvalue weighted by Gasteiger charge is -2.21. The zero-order chi connectivity index (χ0) is 13.2. The number of rotatable bonds is 2. The Hall–Kier alpha value is -1.67. The maximum atomic E-state index is 14.1. The molecular weight excluding hydrogens is 237 g/mol. The third-order valence-corrected chi connectivity index (χ3v) is 3.93. The summed E-state index contributed by atoms with van der Waals surface area (Å²) in [6, 6.07) is 16.0. The Bertz CT molecular complexity index is 565. The summed E-state index contributed by atoms with van der Waals surface area (Å²) in [6.07, 6.45) is 0.986. The molecule has 1 saturated heterocycles. The highest BCUT2D eigenvalue weighted by Gasteiger charge is 2.31. The molecule has 0 bridgehead atoms. The minimum absolute atomic E-state index is 0.0831. The van der Waals surface area contributed by atoms with Gasteiger partial charge in [-0.25, -0.2) is 4.39 Å². The number of halogens is 1. The minimum atomic E-state index is -0.0831. The van der Waals surface area contributed by atoms with Crippen molar-refractivity contribution in [2.24, 2.45) is 0 Å². The highest BCUT2D eigenvalue weighted by molar-refractivity contribution is 5.33. The van der Waals surface area contributed by atoms with E-state index in [-0.39, 0.29) is 17.8 Å². The van der Waals surface area contributed by atoms with E-state index in [4.69, 9.17) is 0 Å². The molecule has 0 saturated carbocycles. The molecule has 1 aliphatic heterocycles. The molecule has 0 amide bonds. The van der Waals surface area contributed by atoms with E-state index >= 15 is 0 Å². The summed E-state index contributed by atoms with van der Waals surface area (Å²) in [5.74, 6) is 0.141. The molecule has 0 aromatic heterocycles. The van der Waals surface area contributed by atoms with Gasteiger partial charge in [0.1, 0.15) is 5.82 Å². The second kappa shape index (κ2) is 5.14. The van der Waals surface area contributed by atoms with E-state index in [1.807, 2.05) is 37.3 Å². The Balaban J connectivity index is 1.97. The monoisotopic (exact) mass is 255 g/mol. The zero-order valence-electron chi connectivity index (χ0n) is 11.1. The first kappa shape index (κ1) is 12.4. The molecule has 2 aromatic carbocycles. The summed E-state index contributed by atoms with van der Waals surface area (Å²) < 4.78 is 14.1. The molecule has 1 heterocycles. The quantitative estimate of drug-likeness (QED) is 0.856. The number of hydrogen-bond acceptors (Lipinski definition) is 1. The maximum absolute atomic E-state index is 14.1. The third kappa shape index (κ3) is 2.41. The molecule has 0 aliphatic carbocycles. The van der Waals surface area contributed by atoms with E-state index in [9.17, 15) is 4.39 Å². The van der Waals surface area contributed by atoms with Crippen LogP contribution >= 0.6 is 0 Å². The van der Waals surface area contributed by atoms with Gasteiger partial charge in [-0.1, -0.05) is 48.0 Å². The molecule has 3 rings (SSSR count). The first-order valence-electron chi connectivity index (χ1n) is 6.80. The first-order valence-corrected chi connectivity index (χ1v) is 6.80. The fourth-order valence-corrected chi connectivity index (χ4v) is 3.00. The van der Waals surface area contributed by atoms with Crippen molar-refractivity contribution in [2.45, 2.75) is 25.3 Å². The van der Waals surface area contributed by atoms with Crippen LogP contribution in [0.3, 0.4) is 0 Å². The molecule has 2 unspecified atom stereocenters. The van der Waals surface area contributed by atoms with Crippen molar-refractivity contribution >= 4 is 0 Å². The molecule has 2 aromatic rings. The van der Waals surface area contributed by atoms with Crippen molar-refractivity contribution in [2.75, 3.05) is 6.54 Å². The molecule has 1 N–H and O–H groups in total. The second-order valence-corrected chi connectivity index (χ2v) is 5.26. The van der Waals surface area contributed by atoms with Crippen LogP contribution in [0.5, 0.6) is 0 Å². The number of benzene rings is 2. The van der Waals surface area contributed by atoms with Crippen molar-refractivity contribution in [1.82, 2.24) is 5.32 Å². The van der Waals surface area contributed by atoms with Gasteiger partial charge in [0.15, 0.2) is 0 Å². The standard InChI is InChI=1S/C17H18FN/c1-12-7-8-16(18)15(11-12)14-9-10-19-17(14)13-5-3-2-4-6-13/h2-8,11,14,17,19H,9-10H2,1H3. The van der Waals surface area contributed by atoms with E-state index in [0.717, 1.165) is 24.1 Å². The van der Waals surface area contributed by atoms with Gasteiger partial charge in [-0.05, 0) is 37.1 Å². The van der Waals surface area contributed by atoms with E-state index in [1.165, 1.54) is 5.56 Å². The number of hydrogen-bond donors (Lipinski definition) is 1. The molecule has 0 spiro atoms. The van der Waals surface area contributed by atoms with Crippen molar-refractivity contribution in [1.29, 1.82) is 0 Å². The molecule has 2 heteroatoms. The van der Waals surface area contributed by atoms with E-state index < -0.39 is 0 Å². The van der Waals surface area contributed by atoms with Crippen LogP contribution in [0, 0.1) is 12.7 Å². The van der Waals surface area contributed by atoms with Crippen LogP contribution in [-0.2, 0) is 0 Å². The number of aryl methyl sites for hydroxylation is 1. The van der Waals surface area contributed by atoms with Gasteiger partial charge in [0.2, 0.25) is 0 Å². The maximum Gasteiger partial charge on any atom is 0.126 e. The fraction of sp³-hybridized carbons (Fsp3) is 0.294. The molecule has 2 atom stereocenters. The second-order valence-electron chi connectivity index (χ2n) is 5.26. The van der Waals surface area contributed by atoms with Crippen LogP contribution < -0.4 is 5.32 Å². The highest BCUT2D eigenvalue weighted by atomic mass is 19.1. The summed E-state index contributed by atoms with van der Waals surface area (Å²) in [7, 11) is 0. The van der Waals surface area contributed by atoms with Gasteiger partial charge in [0, 0.05) is 12.0 Å². The molecule has 1 nitrogen and oxygen atoms in total. The summed E-state index contributed by atoms with van der Waals surface area (Å²) in [5.41, 5.74) is 3.21. The minimum Gasteiger partial charge on any atom is -0.309 e. The van der Waals surface area contributed by atoms with Crippen molar-refractivity contribution in [3.8, 4) is 0 Å². The normalized spacial score (nSPS) is 22.6. The Labute approximate surface area is 113 Å². The summed E-state index contributed by atoms with van der Waals surface area (Å²) in [5, 5.41) is 3.50. The Morgan fingerprint density at radius 2 is 1.89 bits per heavy atom. The molecule has 1 aliphatic rings. The highest BCUT2D eigenvalue weighted by Crippen LogP contribution is 2.38. The van der Waals surface area contributed by atoms with Gasteiger partial charge >= 0.3 is 0 Å². The topological polar surface area (TPSA) is 12.0 Å². The SMILES string of the molecule is Cc1ccc(F)c(C2CCNC2c2ccccc2)c1. The summed E-state index contributed by atoms with van der Waals surface area (Å²) >= 11 is 0. The Kier molecular flexibility index (Phi) is 3.34. The molecule has 98 valence electrons. The predicted octanol–water partition coefficient (Wildman–Crippen LogP) is 3.95. The van der Waals surface area contributed by atoms with E-state index in [0.29, 0.717) is 0 Å².